The first-order valence-corrected chi connectivity index (χ1v) is 17.5. The van der Waals surface area contributed by atoms with Gasteiger partial charge in [-0.3, -0.25) is 0 Å². The van der Waals surface area contributed by atoms with E-state index in [1.54, 1.807) is 0 Å². The van der Waals surface area contributed by atoms with Crippen molar-refractivity contribution in [2.45, 2.75) is 19.3 Å². The molecule has 0 fully saturated rings. The van der Waals surface area contributed by atoms with Gasteiger partial charge in [-0.25, -0.2) is 0 Å². The number of nitrogens with zero attached hydrogens (tertiary/aromatic N) is 1. The van der Waals surface area contributed by atoms with Gasteiger partial charge in [0, 0.05) is 22.5 Å². The van der Waals surface area contributed by atoms with Gasteiger partial charge in [-0.1, -0.05) is 147 Å². The Morgan fingerprint density at radius 2 is 0.900 bits per heavy atom. The molecule has 0 saturated carbocycles. The van der Waals surface area contributed by atoms with Crippen molar-refractivity contribution in [1.82, 2.24) is 0 Å². The van der Waals surface area contributed by atoms with E-state index in [0.717, 1.165) is 17.1 Å². The minimum Gasteiger partial charge on any atom is -0.310 e. The molecule has 0 heterocycles. The van der Waals surface area contributed by atoms with E-state index in [1.807, 2.05) is 0 Å². The number of hydrogen-bond acceptors (Lipinski definition) is 1. The summed E-state index contributed by atoms with van der Waals surface area (Å²) in [4.78, 5) is 2.43. The highest BCUT2D eigenvalue weighted by Crippen LogP contribution is 2.51. The second kappa shape index (κ2) is 10.9. The molecule has 1 aliphatic rings. The van der Waals surface area contributed by atoms with Crippen molar-refractivity contribution in [1.29, 1.82) is 0 Å². The molecule has 0 amide bonds. The van der Waals surface area contributed by atoms with Crippen molar-refractivity contribution in [2.75, 3.05) is 4.90 Å². The van der Waals surface area contributed by atoms with Gasteiger partial charge in [0.2, 0.25) is 0 Å². The Morgan fingerprint density at radius 3 is 1.74 bits per heavy atom. The van der Waals surface area contributed by atoms with Crippen LogP contribution in [0, 0.1) is 0 Å². The van der Waals surface area contributed by atoms with Gasteiger partial charge in [0.1, 0.15) is 0 Å². The molecule has 0 spiro atoms. The lowest BCUT2D eigenvalue weighted by Crippen LogP contribution is -2.16. The van der Waals surface area contributed by atoms with Crippen molar-refractivity contribution >= 4 is 60.2 Å². The molecule has 1 aliphatic carbocycles. The zero-order valence-electron chi connectivity index (χ0n) is 28.2. The highest BCUT2D eigenvalue weighted by Gasteiger charge is 2.35. The van der Waals surface area contributed by atoms with Crippen LogP contribution in [-0.4, -0.2) is 0 Å². The molecule has 0 aromatic heterocycles. The summed E-state index contributed by atoms with van der Waals surface area (Å²) in [6, 6.07) is 65.1. The van der Waals surface area contributed by atoms with Gasteiger partial charge >= 0.3 is 0 Å². The maximum absolute atomic E-state index is 2.43. The van der Waals surface area contributed by atoms with E-state index in [4.69, 9.17) is 0 Å². The topological polar surface area (TPSA) is 3.24 Å². The summed E-state index contributed by atoms with van der Waals surface area (Å²) in [7, 11) is 0. The fraction of sp³-hybridized carbons (Fsp3) is 0.0612. The Bertz CT molecular complexity index is 2790. The van der Waals surface area contributed by atoms with E-state index in [0.29, 0.717) is 0 Å². The Kier molecular flexibility index (Phi) is 6.29. The molecular formula is C49H35N. The molecule has 0 unspecified atom stereocenters. The molecule has 0 radical (unpaired) electrons. The number of hydrogen-bond donors (Lipinski definition) is 0. The molecule has 1 nitrogen and oxygen atoms in total. The molecule has 1 heteroatoms. The summed E-state index contributed by atoms with van der Waals surface area (Å²) < 4.78 is 0. The second-order valence-electron chi connectivity index (χ2n) is 14.2. The Hall–Kier alpha value is -6.18. The average molecular weight is 638 g/mol. The minimum atomic E-state index is -0.0891. The van der Waals surface area contributed by atoms with Crippen LogP contribution in [0.15, 0.2) is 176 Å². The Labute approximate surface area is 292 Å². The third-order valence-electron chi connectivity index (χ3n) is 11.0. The summed E-state index contributed by atoms with van der Waals surface area (Å²) in [6.07, 6.45) is 0. The molecule has 9 aromatic rings. The van der Waals surface area contributed by atoms with Gasteiger partial charge in [0.05, 0.1) is 0 Å². The van der Waals surface area contributed by atoms with Gasteiger partial charge in [-0.15, -0.1) is 0 Å². The van der Waals surface area contributed by atoms with Crippen LogP contribution in [-0.2, 0) is 5.41 Å². The third kappa shape index (κ3) is 4.40. The van der Waals surface area contributed by atoms with Crippen LogP contribution >= 0.6 is 0 Å². The van der Waals surface area contributed by atoms with Crippen LogP contribution in [0.5, 0.6) is 0 Å². The summed E-state index contributed by atoms with van der Waals surface area (Å²) >= 11 is 0. The zero-order chi connectivity index (χ0) is 33.4. The van der Waals surface area contributed by atoms with E-state index in [-0.39, 0.29) is 5.41 Å². The molecule has 0 atom stereocenters. The third-order valence-corrected chi connectivity index (χ3v) is 11.0. The van der Waals surface area contributed by atoms with E-state index >= 15 is 0 Å². The molecule has 50 heavy (non-hydrogen) atoms. The number of rotatable bonds is 4. The minimum absolute atomic E-state index is 0.0891. The van der Waals surface area contributed by atoms with Crippen LogP contribution in [0.1, 0.15) is 25.0 Å². The van der Waals surface area contributed by atoms with Crippen LogP contribution in [0.4, 0.5) is 17.1 Å². The van der Waals surface area contributed by atoms with Crippen LogP contribution in [0.2, 0.25) is 0 Å². The molecular weight excluding hydrogens is 603 g/mol. The normalized spacial score (nSPS) is 13.2. The Morgan fingerprint density at radius 1 is 0.340 bits per heavy atom. The first-order chi connectivity index (χ1) is 24.5. The second-order valence-corrected chi connectivity index (χ2v) is 14.2. The molecule has 10 rings (SSSR count). The van der Waals surface area contributed by atoms with Gasteiger partial charge < -0.3 is 4.90 Å². The van der Waals surface area contributed by atoms with Gasteiger partial charge in [0.25, 0.3) is 0 Å². The summed E-state index contributed by atoms with van der Waals surface area (Å²) in [5, 5.41) is 10.2. The first-order valence-electron chi connectivity index (χ1n) is 17.5. The molecule has 0 aliphatic heterocycles. The standard InChI is InChI=1S/C49H35N/c1-49(2)47-14-8-7-13-44(47)45-28-25-40(31-48(45)49)50(38-22-17-33(18-23-38)37-16-15-32-9-3-4-11-36(32)29-37)39-24-19-35-21-26-42-41-12-6-5-10-34(41)20-27-43(42)46(35)30-39/h3-31H,1-2H3. The zero-order valence-corrected chi connectivity index (χ0v) is 28.2. The summed E-state index contributed by atoms with van der Waals surface area (Å²) in [5.74, 6) is 0. The quantitative estimate of drug-likeness (QED) is 0.174. The number of anilines is 3. The van der Waals surface area contributed by atoms with Crippen molar-refractivity contribution in [2.24, 2.45) is 0 Å². The SMILES string of the molecule is CC1(C)c2ccccc2-c2ccc(N(c3ccc(-c4ccc5ccccc5c4)cc3)c3ccc4ccc5c6ccccc6ccc5c4c3)cc21. The number of benzene rings is 9. The molecule has 9 aromatic carbocycles. The lowest BCUT2D eigenvalue weighted by molar-refractivity contribution is 0.660. The van der Waals surface area contributed by atoms with Crippen molar-refractivity contribution in [3.63, 3.8) is 0 Å². The largest absolute Gasteiger partial charge is 0.310 e. The monoisotopic (exact) mass is 637 g/mol. The van der Waals surface area contributed by atoms with E-state index < -0.39 is 0 Å². The first kappa shape index (κ1) is 28.8. The van der Waals surface area contributed by atoms with E-state index in [1.165, 1.54) is 76.5 Å². The van der Waals surface area contributed by atoms with Gasteiger partial charge in [-0.05, 0) is 119 Å². The van der Waals surface area contributed by atoms with Crippen LogP contribution < -0.4 is 4.90 Å². The number of fused-ring (bicyclic) bond motifs is 9. The molecule has 0 bridgehead atoms. The Balaban J connectivity index is 1.15. The van der Waals surface area contributed by atoms with Crippen molar-refractivity contribution in [3.05, 3.63) is 187 Å². The van der Waals surface area contributed by atoms with Crippen LogP contribution in [0.25, 0.3) is 65.3 Å². The highest BCUT2D eigenvalue weighted by molar-refractivity contribution is 6.17. The maximum Gasteiger partial charge on any atom is 0.0468 e. The summed E-state index contributed by atoms with van der Waals surface area (Å²) in [6.45, 7) is 4.72. The predicted molar refractivity (Wildman–Crippen MR) is 214 cm³/mol. The van der Waals surface area contributed by atoms with Crippen molar-refractivity contribution in [3.8, 4) is 22.3 Å². The fourth-order valence-corrected chi connectivity index (χ4v) is 8.40. The van der Waals surface area contributed by atoms with E-state index in [9.17, 15) is 0 Å². The summed E-state index contributed by atoms with van der Waals surface area (Å²) in [5.41, 5.74) is 11.2. The molecule has 0 saturated heterocycles. The predicted octanol–water partition coefficient (Wildman–Crippen LogP) is 13.7. The fourth-order valence-electron chi connectivity index (χ4n) is 8.40. The average Bonchev–Trinajstić information content (AvgIpc) is 3.40. The van der Waals surface area contributed by atoms with Crippen molar-refractivity contribution < 1.29 is 0 Å². The smallest absolute Gasteiger partial charge is 0.0468 e. The van der Waals surface area contributed by atoms with Gasteiger partial charge in [0.15, 0.2) is 0 Å². The molecule has 0 N–H and O–H groups in total. The maximum atomic E-state index is 2.43. The lowest BCUT2D eigenvalue weighted by atomic mass is 9.82. The molecule has 236 valence electrons. The van der Waals surface area contributed by atoms with E-state index in [2.05, 4.69) is 195 Å². The van der Waals surface area contributed by atoms with Crippen LogP contribution in [0.3, 0.4) is 0 Å². The van der Waals surface area contributed by atoms with Gasteiger partial charge in [-0.2, -0.15) is 0 Å². The lowest BCUT2D eigenvalue weighted by Gasteiger charge is -2.28. The highest BCUT2D eigenvalue weighted by atomic mass is 15.1.